The molecular formula is C17H16F3NO2. The fourth-order valence-electron chi connectivity index (χ4n) is 2.35. The smallest absolute Gasteiger partial charge is 0.364 e. The lowest BCUT2D eigenvalue weighted by Crippen LogP contribution is -2.36. The molecule has 1 aromatic carbocycles. The molecule has 2 rings (SSSR count). The first kappa shape index (κ1) is 17.1. The van der Waals surface area contributed by atoms with Crippen molar-refractivity contribution in [1.82, 2.24) is 4.90 Å². The van der Waals surface area contributed by atoms with Gasteiger partial charge in [0.15, 0.2) is 0 Å². The second-order valence-electron chi connectivity index (χ2n) is 5.24. The van der Waals surface area contributed by atoms with Crippen LogP contribution in [0, 0.1) is 11.8 Å². The number of carbonyl (C=O) groups is 1. The number of ether oxygens (including phenoxy) is 1. The number of rotatable bonds is 2. The van der Waals surface area contributed by atoms with Gasteiger partial charge in [-0.05, 0) is 30.3 Å². The standard InChI is InChI=1S/C17H16F3NO2/c1-3-15(22)21-11-10-16(12-21,23-2)9-8-13-4-6-14(7-5-13)17(18,19)20/h3-7H,1,10-12H2,2H3. The summed E-state index contributed by atoms with van der Waals surface area (Å²) in [6, 6.07) is 4.62. The Hall–Kier alpha value is -2.26. The summed E-state index contributed by atoms with van der Waals surface area (Å²) in [5, 5.41) is 0. The first-order chi connectivity index (χ1) is 10.8. The number of hydrogen-bond donors (Lipinski definition) is 0. The molecule has 1 aromatic rings. The maximum atomic E-state index is 12.5. The molecule has 1 heterocycles. The van der Waals surface area contributed by atoms with Crippen molar-refractivity contribution in [3.8, 4) is 11.8 Å². The Labute approximate surface area is 132 Å². The molecule has 0 spiro atoms. The Balaban J connectivity index is 2.16. The van der Waals surface area contributed by atoms with E-state index >= 15 is 0 Å². The van der Waals surface area contributed by atoms with Gasteiger partial charge in [0.05, 0.1) is 12.1 Å². The summed E-state index contributed by atoms with van der Waals surface area (Å²) >= 11 is 0. The maximum Gasteiger partial charge on any atom is 0.416 e. The molecule has 0 aliphatic carbocycles. The fourth-order valence-corrected chi connectivity index (χ4v) is 2.35. The summed E-state index contributed by atoms with van der Waals surface area (Å²) in [5.41, 5.74) is -1.06. The van der Waals surface area contributed by atoms with Crippen molar-refractivity contribution in [2.75, 3.05) is 20.2 Å². The van der Waals surface area contributed by atoms with Crippen LogP contribution in [0.15, 0.2) is 36.9 Å². The van der Waals surface area contributed by atoms with Gasteiger partial charge in [0.25, 0.3) is 0 Å². The largest absolute Gasteiger partial charge is 0.416 e. The number of carbonyl (C=O) groups excluding carboxylic acids is 1. The molecule has 0 bridgehead atoms. The van der Waals surface area contributed by atoms with Crippen molar-refractivity contribution < 1.29 is 22.7 Å². The van der Waals surface area contributed by atoms with Crippen LogP contribution in [-0.2, 0) is 15.7 Å². The minimum Gasteiger partial charge on any atom is -0.364 e. The van der Waals surface area contributed by atoms with E-state index in [-0.39, 0.29) is 5.91 Å². The molecule has 1 amide bonds. The minimum atomic E-state index is -4.36. The molecule has 23 heavy (non-hydrogen) atoms. The van der Waals surface area contributed by atoms with E-state index in [1.807, 2.05) is 0 Å². The molecule has 1 atom stereocenters. The van der Waals surface area contributed by atoms with Gasteiger partial charge >= 0.3 is 6.18 Å². The third-order valence-corrected chi connectivity index (χ3v) is 3.76. The maximum absolute atomic E-state index is 12.5. The van der Waals surface area contributed by atoms with Gasteiger partial charge in [0.1, 0.15) is 5.60 Å². The Morgan fingerprint density at radius 1 is 1.39 bits per heavy atom. The van der Waals surface area contributed by atoms with E-state index in [1.165, 1.54) is 25.3 Å². The Morgan fingerprint density at radius 3 is 2.57 bits per heavy atom. The lowest BCUT2D eigenvalue weighted by Gasteiger charge is -2.21. The van der Waals surface area contributed by atoms with Crippen molar-refractivity contribution in [1.29, 1.82) is 0 Å². The zero-order valence-corrected chi connectivity index (χ0v) is 12.6. The SMILES string of the molecule is C=CC(=O)N1CCC(C#Cc2ccc(C(F)(F)F)cc2)(OC)C1. The van der Waals surface area contributed by atoms with Gasteiger partial charge < -0.3 is 9.64 Å². The van der Waals surface area contributed by atoms with Crippen LogP contribution in [0.2, 0.25) is 0 Å². The summed E-state index contributed by atoms with van der Waals surface area (Å²) in [4.78, 5) is 13.2. The predicted octanol–water partition coefficient (Wildman–Crippen LogP) is 2.86. The molecule has 1 unspecified atom stereocenters. The number of alkyl halides is 3. The summed E-state index contributed by atoms with van der Waals surface area (Å²) in [5.74, 6) is 5.58. The van der Waals surface area contributed by atoms with Crippen LogP contribution in [0.5, 0.6) is 0 Å². The van der Waals surface area contributed by atoms with Crippen LogP contribution < -0.4 is 0 Å². The van der Waals surface area contributed by atoms with Gasteiger partial charge in [0, 0.05) is 25.6 Å². The highest BCUT2D eigenvalue weighted by Gasteiger charge is 2.38. The highest BCUT2D eigenvalue weighted by Crippen LogP contribution is 2.29. The lowest BCUT2D eigenvalue weighted by atomic mass is 10.0. The summed E-state index contributed by atoms with van der Waals surface area (Å²) < 4.78 is 43.0. The number of benzene rings is 1. The van der Waals surface area contributed by atoms with E-state index in [9.17, 15) is 18.0 Å². The Morgan fingerprint density at radius 2 is 2.04 bits per heavy atom. The van der Waals surface area contributed by atoms with Gasteiger partial charge in [-0.1, -0.05) is 18.4 Å². The van der Waals surface area contributed by atoms with Gasteiger partial charge in [0.2, 0.25) is 5.91 Å². The van der Waals surface area contributed by atoms with E-state index in [2.05, 4.69) is 18.4 Å². The van der Waals surface area contributed by atoms with Gasteiger partial charge in [-0.3, -0.25) is 4.79 Å². The van der Waals surface area contributed by atoms with Crippen LogP contribution in [0.1, 0.15) is 17.5 Å². The van der Waals surface area contributed by atoms with Crippen LogP contribution in [0.3, 0.4) is 0 Å². The minimum absolute atomic E-state index is 0.194. The van der Waals surface area contributed by atoms with E-state index in [4.69, 9.17) is 4.74 Å². The molecule has 1 aliphatic rings. The fraction of sp³-hybridized carbons (Fsp3) is 0.353. The van der Waals surface area contributed by atoms with Crippen molar-refractivity contribution in [3.63, 3.8) is 0 Å². The first-order valence-electron chi connectivity index (χ1n) is 6.96. The molecular weight excluding hydrogens is 307 g/mol. The Kier molecular flexibility index (Phi) is 4.81. The number of halogens is 3. The number of likely N-dealkylation sites (tertiary alicyclic amines) is 1. The molecule has 122 valence electrons. The van der Waals surface area contributed by atoms with Crippen molar-refractivity contribution >= 4 is 5.91 Å². The van der Waals surface area contributed by atoms with Crippen molar-refractivity contribution in [2.45, 2.75) is 18.2 Å². The van der Waals surface area contributed by atoms with Gasteiger partial charge in [-0.2, -0.15) is 13.2 Å². The highest BCUT2D eigenvalue weighted by atomic mass is 19.4. The van der Waals surface area contributed by atoms with Crippen molar-refractivity contribution in [2.24, 2.45) is 0 Å². The Bertz CT molecular complexity index is 655. The highest BCUT2D eigenvalue weighted by molar-refractivity contribution is 5.87. The van der Waals surface area contributed by atoms with Crippen LogP contribution in [0.4, 0.5) is 13.2 Å². The average molecular weight is 323 g/mol. The van der Waals surface area contributed by atoms with E-state index in [1.54, 1.807) is 4.90 Å². The molecule has 6 heteroatoms. The molecule has 0 radical (unpaired) electrons. The van der Waals surface area contributed by atoms with E-state index < -0.39 is 17.3 Å². The molecule has 0 saturated carbocycles. The number of hydrogen-bond acceptors (Lipinski definition) is 2. The second-order valence-corrected chi connectivity index (χ2v) is 5.24. The third-order valence-electron chi connectivity index (χ3n) is 3.76. The monoisotopic (exact) mass is 323 g/mol. The summed E-state index contributed by atoms with van der Waals surface area (Å²) in [6.07, 6.45) is -2.59. The molecule has 1 saturated heterocycles. The topological polar surface area (TPSA) is 29.5 Å². The first-order valence-corrected chi connectivity index (χ1v) is 6.96. The second kappa shape index (κ2) is 6.47. The predicted molar refractivity (Wildman–Crippen MR) is 79.5 cm³/mol. The average Bonchev–Trinajstić information content (AvgIpc) is 2.97. The van der Waals surface area contributed by atoms with E-state index in [0.717, 1.165) is 12.1 Å². The number of methoxy groups -OCH3 is 1. The molecule has 1 fully saturated rings. The zero-order valence-electron chi connectivity index (χ0n) is 12.6. The summed E-state index contributed by atoms with van der Waals surface area (Å²) in [6.45, 7) is 4.25. The molecule has 0 aromatic heterocycles. The summed E-state index contributed by atoms with van der Waals surface area (Å²) in [7, 11) is 1.50. The van der Waals surface area contributed by atoms with E-state index in [0.29, 0.717) is 25.1 Å². The number of nitrogens with zero attached hydrogens (tertiary/aromatic N) is 1. The quantitative estimate of drug-likeness (QED) is 0.619. The molecule has 3 nitrogen and oxygen atoms in total. The van der Waals surface area contributed by atoms with Crippen LogP contribution in [0.25, 0.3) is 0 Å². The molecule has 0 N–H and O–H groups in total. The lowest BCUT2D eigenvalue weighted by molar-refractivity contribution is -0.137. The van der Waals surface area contributed by atoms with Crippen molar-refractivity contribution in [3.05, 3.63) is 48.0 Å². The third kappa shape index (κ3) is 3.93. The number of amides is 1. The van der Waals surface area contributed by atoms with Gasteiger partial charge in [-0.25, -0.2) is 0 Å². The van der Waals surface area contributed by atoms with Crippen LogP contribution in [-0.4, -0.2) is 36.6 Å². The van der Waals surface area contributed by atoms with Crippen LogP contribution >= 0.6 is 0 Å². The van der Waals surface area contributed by atoms with Gasteiger partial charge in [-0.15, -0.1) is 0 Å². The normalized spacial score (nSPS) is 20.8. The zero-order chi connectivity index (χ0) is 17.1. The molecule has 1 aliphatic heterocycles.